The largest absolute Gasteiger partial charge is 0.366 e. The Kier molecular flexibility index (Phi) is 3.95. The smallest absolute Gasteiger partial charge is 0.159 e. The molecule has 1 atom stereocenters. The summed E-state index contributed by atoms with van der Waals surface area (Å²) in [7, 11) is 0. The summed E-state index contributed by atoms with van der Waals surface area (Å²) in [6.45, 7) is 7.85. The molecule has 1 aliphatic rings. The molecule has 104 valence electrons. The lowest BCUT2D eigenvalue weighted by atomic mass is 9.84. The van der Waals surface area contributed by atoms with Crippen LogP contribution in [0, 0.1) is 5.92 Å². The number of anilines is 1. The summed E-state index contributed by atoms with van der Waals surface area (Å²) in [5, 5.41) is 0. The number of hydrogen-bond donors (Lipinski definition) is 1. The first-order valence-electron chi connectivity index (χ1n) is 7.03. The van der Waals surface area contributed by atoms with Crippen molar-refractivity contribution in [3.05, 3.63) is 29.8 Å². The van der Waals surface area contributed by atoms with Gasteiger partial charge in [0.1, 0.15) is 0 Å². The normalized spacial score (nSPS) is 22.3. The summed E-state index contributed by atoms with van der Waals surface area (Å²) in [6.07, 6.45) is 2.32. The molecule has 0 saturated carbocycles. The highest BCUT2D eigenvalue weighted by Crippen LogP contribution is 2.34. The molecule has 1 fully saturated rings. The van der Waals surface area contributed by atoms with Gasteiger partial charge in [-0.2, -0.15) is 0 Å². The number of benzene rings is 1. The molecule has 1 saturated heterocycles. The van der Waals surface area contributed by atoms with Crippen LogP contribution in [0.5, 0.6) is 0 Å². The number of carbonyl (C=O) groups excluding carboxylic acids is 1. The highest BCUT2D eigenvalue weighted by molar-refractivity contribution is 5.95. The molecular weight excluding hydrogens is 236 g/mol. The second kappa shape index (κ2) is 5.33. The van der Waals surface area contributed by atoms with Gasteiger partial charge in [0.15, 0.2) is 5.78 Å². The van der Waals surface area contributed by atoms with Crippen molar-refractivity contribution in [2.24, 2.45) is 11.7 Å². The van der Waals surface area contributed by atoms with Crippen molar-refractivity contribution in [3.8, 4) is 0 Å². The summed E-state index contributed by atoms with van der Waals surface area (Å²) in [4.78, 5) is 13.9. The summed E-state index contributed by atoms with van der Waals surface area (Å²) in [6, 6.07) is 7.94. The standard InChI is InChI=1S/C16H24N2O/c1-12(19)14-5-4-6-15(9-14)18-11-13(10-17)7-8-16(18,2)3/h4-6,9,13H,7-8,10-11,17H2,1-3H3. The summed E-state index contributed by atoms with van der Waals surface area (Å²) in [5.41, 5.74) is 7.87. The average Bonchev–Trinajstić information content (AvgIpc) is 2.38. The third-order valence-electron chi connectivity index (χ3n) is 4.23. The minimum absolute atomic E-state index is 0.118. The van der Waals surface area contributed by atoms with E-state index in [1.807, 2.05) is 18.2 Å². The highest BCUT2D eigenvalue weighted by Gasteiger charge is 2.33. The number of rotatable bonds is 3. The van der Waals surface area contributed by atoms with E-state index in [2.05, 4.69) is 24.8 Å². The molecule has 1 aromatic rings. The van der Waals surface area contributed by atoms with Crippen molar-refractivity contribution in [2.45, 2.75) is 39.2 Å². The van der Waals surface area contributed by atoms with Gasteiger partial charge in [0.25, 0.3) is 0 Å². The van der Waals surface area contributed by atoms with Gasteiger partial charge in [0.05, 0.1) is 0 Å². The number of piperidine rings is 1. The van der Waals surface area contributed by atoms with Crippen molar-refractivity contribution >= 4 is 11.5 Å². The van der Waals surface area contributed by atoms with Crippen molar-refractivity contribution in [3.63, 3.8) is 0 Å². The molecule has 0 spiro atoms. The minimum atomic E-state index is 0.118. The molecule has 1 aliphatic heterocycles. The van der Waals surface area contributed by atoms with Crippen molar-refractivity contribution < 1.29 is 4.79 Å². The van der Waals surface area contributed by atoms with E-state index >= 15 is 0 Å². The molecule has 0 radical (unpaired) electrons. The lowest BCUT2D eigenvalue weighted by Gasteiger charge is -2.47. The van der Waals surface area contributed by atoms with Crippen LogP contribution in [0.3, 0.4) is 0 Å². The van der Waals surface area contributed by atoms with Crippen LogP contribution in [0.25, 0.3) is 0 Å². The number of nitrogens with two attached hydrogens (primary N) is 1. The lowest BCUT2D eigenvalue weighted by Crippen LogP contribution is -2.52. The fourth-order valence-electron chi connectivity index (χ4n) is 2.83. The topological polar surface area (TPSA) is 46.3 Å². The molecule has 0 aromatic heterocycles. The van der Waals surface area contributed by atoms with Gasteiger partial charge in [-0.1, -0.05) is 12.1 Å². The van der Waals surface area contributed by atoms with E-state index in [0.717, 1.165) is 30.8 Å². The quantitative estimate of drug-likeness (QED) is 0.850. The first-order valence-corrected chi connectivity index (χ1v) is 7.03. The first kappa shape index (κ1) is 14.1. The van der Waals surface area contributed by atoms with E-state index in [1.165, 1.54) is 6.42 Å². The van der Waals surface area contributed by atoms with E-state index in [-0.39, 0.29) is 11.3 Å². The molecule has 2 rings (SSSR count). The number of hydrogen-bond acceptors (Lipinski definition) is 3. The maximum atomic E-state index is 11.5. The Labute approximate surface area is 115 Å². The molecule has 2 N–H and O–H groups in total. The van der Waals surface area contributed by atoms with E-state index in [4.69, 9.17) is 5.73 Å². The predicted molar refractivity (Wildman–Crippen MR) is 79.6 cm³/mol. The third-order valence-corrected chi connectivity index (χ3v) is 4.23. The minimum Gasteiger partial charge on any atom is -0.366 e. The number of carbonyl (C=O) groups is 1. The Hall–Kier alpha value is -1.35. The Morgan fingerprint density at radius 1 is 1.47 bits per heavy atom. The van der Waals surface area contributed by atoms with Gasteiger partial charge in [0, 0.05) is 23.3 Å². The maximum absolute atomic E-state index is 11.5. The molecule has 1 heterocycles. The summed E-state index contributed by atoms with van der Waals surface area (Å²) < 4.78 is 0. The second-order valence-corrected chi connectivity index (χ2v) is 6.17. The van der Waals surface area contributed by atoms with Crippen LogP contribution < -0.4 is 10.6 Å². The van der Waals surface area contributed by atoms with Gasteiger partial charge >= 0.3 is 0 Å². The van der Waals surface area contributed by atoms with E-state index < -0.39 is 0 Å². The van der Waals surface area contributed by atoms with Crippen LogP contribution in [-0.2, 0) is 0 Å². The zero-order chi connectivity index (χ0) is 14.0. The van der Waals surface area contributed by atoms with Gasteiger partial charge in [-0.3, -0.25) is 4.79 Å². The van der Waals surface area contributed by atoms with E-state index in [1.54, 1.807) is 6.92 Å². The van der Waals surface area contributed by atoms with Crippen LogP contribution >= 0.6 is 0 Å². The summed E-state index contributed by atoms with van der Waals surface area (Å²) in [5.74, 6) is 0.668. The van der Waals surface area contributed by atoms with Crippen molar-refractivity contribution in [1.29, 1.82) is 0 Å². The fraction of sp³-hybridized carbons (Fsp3) is 0.562. The predicted octanol–water partition coefficient (Wildman–Crippen LogP) is 2.84. The lowest BCUT2D eigenvalue weighted by molar-refractivity contribution is 0.101. The van der Waals surface area contributed by atoms with Crippen molar-refractivity contribution in [1.82, 2.24) is 0 Å². The molecule has 1 aromatic carbocycles. The van der Waals surface area contributed by atoms with Crippen LogP contribution in [-0.4, -0.2) is 24.4 Å². The fourth-order valence-corrected chi connectivity index (χ4v) is 2.83. The molecule has 0 amide bonds. The average molecular weight is 260 g/mol. The Morgan fingerprint density at radius 3 is 2.84 bits per heavy atom. The SMILES string of the molecule is CC(=O)c1cccc(N2CC(CN)CCC2(C)C)c1. The molecular formula is C16H24N2O. The zero-order valence-corrected chi connectivity index (χ0v) is 12.1. The van der Waals surface area contributed by atoms with Crippen LogP contribution in [0.2, 0.25) is 0 Å². The molecule has 3 nitrogen and oxygen atoms in total. The maximum Gasteiger partial charge on any atom is 0.159 e. The second-order valence-electron chi connectivity index (χ2n) is 6.17. The van der Waals surface area contributed by atoms with E-state index in [9.17, 15) is 4.79 Å². The van der Waals surface area contributed by atoms with Gasteiger partial charge in [-0.25, -0.2) is 0 Å². The van der Waals surface area contributed by atoms with Crippen LogP contribution in [0.4, 0.5) is 5.69 Å². The molecule has 1 unspecified atom stereocenters. The zero-order valence-electron chi connectivity index (χ0n) is 12.1. The number of nitrogens with zero attached hydrogens (tertiary/aromatic N) is 1. The van der Waals surface area contributed by atoms with Crippen LogP contribution in [0.15, 0.2) is 24.3 Å². The molecule has 0 aliphatic carbocycles. The molecule has 3 heteroatoms. The van der Waals surface area contributed by atoms with Gasteiger partial charge in [0.2, 0.25) is 0 Å². The number of ketones is 1. The van der Waals surface area contributed by atoms with Gasteiger partial charge in [-0.15, -0.1) is 0 Å². The molecule has 19 heavy (non-hydrogen) atoms. The Balaban J connectivity index is 2.31. The number of Topliss-reactive ketones (excluding diaryl/α,β-unsaturated/α-hetero) is 1. The van der Waals surface area contributed by atoms with Gasteiger partial charge in [-0.05, 0) is 58.2 Å². The third kappa shape index (κ3) is 2.98. The Morgan fingerprint density at radius 2 is 2.21 bits per heavy atom. The first-order chi connectivity index (χ1) is 8.94. The molecule has 0 bridgehead atoms. The monoisotopic (exact) mass is 260 g/mol. The van der Waals surface area contributed by atoms with E-state index in [0.29, 0.717) is 5.92 Å². The van der Waals surface area contributed by atoms with Gasteiger partial charge < -0.3 is 10.6 Å². The highest BCUT2D eigenvalue weighted by atomic mass is 16.1. The Bertz CT molecular complexity index is 468. The van der Waals surface area contributed by atoms with Crippen molar-refractivity contribution in [2.75, 3.05) is 18.0 Å². The summed E-state index contributed by atoms with van der Waals surface area (Å²) >= 11 is 0. The van der Waals surface area contributed by atoms with Crippen LogP contribution in [0.1, 0.15) is 44.0 Å².